The summed E-state index contributed by atoms with van der Waals surface area (Å²) < 4.78 is 5.44. The number of hydrogen-bond acceptors (Lipinski definition) is 7. The number of fused-ring (bicyclic) bond motifs is 1. The van der Waals surface area contributed by atoms with Crippen molar-refractivity contribution >= 4 is 28.7 Å². The van der Waals surface area contributed by atoms with E-state index in [2.05, 4.69) is 32.0 Å². The van der Waals surface area contributed by atoms with Crippen LogP contribution in [-0.2, 0) is 4.74 Å². The smallest absolute Gasteiger partial charge is 0.140 e. The molecule has 2 N–H and O–H groups in total. The highest BCUT2D eigenvalue weighted by atomic mass is 32.2. The number of rotatable bonds is 3. The zero-order chi connectivity index (χ0) is 16.4. The number of hydrogen-bond donors (Lipinski definition) is 1. The molecular weight excluding hydrogens is 322 g/mol. The molecule has 3 heterocycles. The van der Waals surface area contributed by atoms with Crippen molar-refractivity contribution in [3.8, 4) is 11.1 Å². The predicted molar refractivity (Wildman–Crippen MR) is 95.8 cm³/mol. The van der Waals surface area contributed by atoms with E-state index in [1.807, 2.05) is 18.3 Å². The van der Waals surface area contributed by atoms with Gasteiger partial charge in [0.25, 0.3) is 0 Å². The summed E-state index contributed by atoms with van der Waals surface area (Å²) >= 11 is 1.20. The van der Waals surface area contributed by atoms with Crippen LogP contribution in [-0.4, -0.2) is 41.3 Å². The first-order chi connectivity index (χ1) is 11.8. The van der Waals surface area contributed by atoms with Crippen LogP contribution in [0, 0.1) is 0 Å². The third-order valence-corrected chi connectivity index (χ3v) is 4.60. The second-order valence-corrected chi connectivity index (χ2v) is 6.26. The largest absolute Gasteiger partial charge is 0.378 e. The van der Waals surface area contributed by atoms with E-state index in [-0.39, 0.29) is 0 Å². The zero-order valence-electron chi connectivity index (χ0n) is 13.1. The normalized spacial score (nSPS) is 15.0. The second-order valence-electron chi connectivity index (χ2n) is 5.56. The molecule has 0 atom stereocenters. The Labute approximate surface area is 144 Å². The van der Waals surface area contributed by atoms with E-state index in [4.69, 9.17) is 9.88 Å². The summed E-state index contributed by atoms with van der Waals surface area (Å²) in [5.41, 5.74) is 3.05. The summed E-state index contributed by atoms with van der Waals surface area (Å²) in [4.78, 5) is 16.4. The molecule has 0 amide bonds. The van der Waals surface area contributed by atoms with Gasteiger partial charge in [0.2, 0.25) is 0 Å². The Morgan fingerprint density at radius 2 is 1.92 bits per heavy atom. The third-order valence-electron chi connectivity index (χ3n) is 4.11. The van der Waals surface area contributed by atoms with Crippen LogP contribution in [0.2, 0.25) is 0 Å². The summed E-state index contributed by atoms with van der Waals surface area (Å²) in [6.45, 7) is 3.14. The quantitative estimate of drug-likeness (QED) is 0.735. The second kappa shape index (κ2) is 6.72. The molecule has 0 unspecified atom stereocenters. The van der Waals surface area contributed by atoms with Gasteiger partial charge >= 0.3 is 0 Å². The van der Waals surface area contributed by atoms with Crippen LogP contribution in [0.1, 0.15) is 0 Å². The SMILES string of the molecule is NSc1cncc(-c2ccc3ncnc(N4CCOCC4)c3c2)c1. The molecule has 4 rings (SSSR count). The lowest BCUT2D eigenvalue weighted by Gasteiger charge is -2.28. The van der Waals surface area contributed by atoms with Crippen molar-refractivity contribution in [2.45, 2.75) is 4.90 Å². The number of nitrogens with zero attached hydrogens (tertiary/aromatic N) is 4. The summed E-state index contributed by atoms with van der Waals surface area (Å²) in [6, 6.07) is 8.25. The standard InChI is InChI=1S/C17H17N5OS/c18-24-14-7-13(9-19-10-14)12-1-2-16-15(8-12)17(21-11-20-16)22-3-5-23-6-4-22/h1-2,7-11H,3-6,18H2. The molecular formula is C17H17N5OS. The molecule has 122 valence electrons. The van der Waals surface area contributed by atoms with Gasteiger partial charge in [0, 0.05) is 41.3 Å². The minimum absolute atomic E-state index is 0.727. The van der Waals surface area contributed by atoms with Crippen molar-refractivity contribution < 1.29 is 4.74 Å². The van der Waals surface area contributed by atoms with Crippen LogP contribution in [0.4, 0.5) is 5.82 Å². The van der Waals surface area contributed by atoms with Gasteiger partial charge in [0.15, 0.2) is 0 Å². The predicted octanol–water partition coefficient (Wildman–Crippen LogP) is 2.49. The lowest BCUT2D eigenvalue weighted by atomic mass is 10.0. The molecule has 0 radical (unpaired) electrons. The van der Waals surface area contributed by atoms with Crippen molar-refractivity contribution in [3.63, 3.8) is 0 Å². The van der Waals surface area contributed by atoms with Crippen LogP contribution < -0.4 is 10.0 Å². The minimum Gasteiger partial charge on any atom is -0.378 e. The van der Waals surface area contributed by atoms with E-state index in [0.29, 0.717) is 0 Å². The van der Waals surface area contributed by atoms with E-state index < -0.39 is 0 Å². The highest BCUT2D eigenvalue weighted by molar-refractivity contribution is 7.97. The molecule has 1 fully saturated rings. The average molecular weight is 339 g/mol. The maximum atomic E-state index is 5.65. The Morgan fingerprint density at radius 3 is 2.75 bits per heavy atom. The maximum Gasteiger partial charge on any atom is 0.140 e. The van der Waals surface area contributed by atoms with E-state index >= 15 is 0 Å². The molecule has 3 aromatic rings. The summed E-state index contributed by atoms with van der Waals surface area (Å²) in [6.07, 6.45) is 5.23. The molecule has 0 bridgehead atoms. The molecule has 0 spiro atoms. The molecule has 2 aromatic heterocycles. The van der Waals surface area contributed by atoms with Gasteiger partial charge in [0.05, 0.1) is 18.7 Å². The van der Waals surface area contributed by atoms with E-state index in [1.165, 1.54) is 11.9 Å². The first kappa shape index (κ1) is 15.3. The van der Waals surface area contributed by atoms with Crippen molar-refractivity contribution in [1.82, 2.24) is 15.0 Å². The number of anilines is 1. The first-order valence-corrected chi connectivity index (χ1v) is 8.63. The zero-order valence-corrected chi connectivity index (χ0v) is 13.9. The van der Waals surface area contributed by atoms with Gasteiger partial charge < -0.3 is 9.64 Å². The van der Waals surface area contributed by atoms with Crippen molar-refractivity contribution in [2.75, 3.05) is 31.2 Å². The van der Waals surface area contributed by atoms with Crippen molar-refractivity contribution in [1.29, 1.82) is 0 Å². The summed E-state index contributed by atoms with van der Waals surface area (Å²) in [5.74, 6) is 0.961. The lowest BCUT2D eigenvalue weighted by molar-refractivity contribution is 0.122. The van der Waals surface area contributed by atoms with Crippen LogP contribution >= 0.6 is 11.9 Å². The minimum atomic E-state index is 0.727. The van der Waals surface area contributed by atoms with Crippen LogP contribution in [0.5, 0.6) is 0 Å². The fraction of sp³-hybridized carbons (Fsp3) is 0.235. The Kier molecular flexibility index (Phi) is 4.29. The number of aromatic nitrogens is 3. The van der Waals surface area contributed by atoms with Gasteiger partial charge in [-0.15, -0.1) is 0 Å². The number of nitrogens with two attached hydrogens (primary N) is 1. The Morgan fingerprint density at radius 1 is 1.04 bits per heavy atom. The van der Waals surface area contributed by atoms with Gasteiger partial charge in [0.1, 0.15) is 12.1 Å². The Balaban J connectivity index is 1.81. The molecule has 0 aliphatic carbocycles. The maximum absolute atomic E-state index is 5.65. The lowest BCUT2D eigenvalue weighted by Crippen LogP contribution is -2.36. The van der Waals surface area contributed by atoms with E-state index in [9.17, 15) is 0 Å². The number of ether oxygens (including phenoxy) is 1. The van der Waals surface area contributed by atoms with E-state index in [1.54, 1.807) is 12.5 Å². The molecule has 6 nitrogen and oxygen atoms in total. The summed E-state index contributed by atoms with van der Waals surface area (Å²) in [5, 5.41) is 6.69. The van der Waals surface area contributed by atoms with Crippen LogP contribution in [0.25, 0.3) is 22.0 Å². The highest BCUT2D eigenvalue weighted by Crippen LogP contribution is 2.29. The van der Waals surface area contributed by atoms with Crippen LogP contribution in [0.3, 0.4) is 0 Å². The monoisotopic (exact) mass is 339 g/mol. The van der Waals surface area contributed by atoms with Crippen LogP contribution in [0.15, 0.2) is 47.9 Å². The van der Waals surface area contributed by atoms with Gasteiger partial charge in [-0.2, -0.15) is 0 Å². The first-order valence-electron chi connectivity index (χ1n) is 7.75. The molecule has 0 saturated carbocycles. The Hall–Kier alpha value is -2.22. The topological polar surface area (TPSA) is 77.2 Å². The molecule has 1 saturated heterocycles. The third kappa shape index (κ3) is 2.93. The average Bonchev–Trinajstić information content (AvgIpc) is 2.68. The van der Waals surface area contributed by atoms with E-state index in [0.717, 1.165) is 59.0 Å². The number of pyridine rings is 1. The molecule has 1 aliphatic heterocycles. The van der Waals surface area contributed by atoms with Crippen molar-refractivity contribution in [3.05, 3.63) is 43.0 Å². The summed E-state index contributed by atoms with van der Waals surface area (Å²) in [7, 11) is 0. The molecule has 1 aromatic carbocycles. The number of morpholine rings is 1. The van der Waals surface area contributed by atoms with Gasteiger partial charge in [-0.1, -0.05) is 6.07 Å². The fourth-order valence-corrected chi connectivity index (χ4v) is 3.21. The highest BCUT2D eigenvalue weighted by Gasteiger charge is 2.16. The fourth-order valence-electron chi connectivity index (χ4n) is 2.89. The van der Waals surface area contributed by atoms with Crippen molar-refractivity contribution in [2.24, 2.45) is 5.14 Å². The molecule has 7 heteroatoms. The Bertz CT molecular complexity index is 866. The molecule has 24 heavy (non-hydrogen) atoms. The van der Waals surface area contributed by atoms with Gasteiger partial charge in [-0.3, -0.25) is 10.1 Å². The molecule has 1 aliphatic rings. The van der Waals surface area contributed by atoms with Gasteiger partial charge in [-0.05, 0) is 35.7 Å². The van der Waals surface area contributed by atoms with Gasteiger partial charge in [-0.25, -0.2) is 9.97 Å². The number of benzene rings is 1.